The molecular formula is C14H22FN3O2S. The summed E-state index contributed by atoms with van der Waals surface area (Å²) in [5, 5.41) is 7.40. The molecule has 0 aliphatic carbocycles. The van der Waals surface area contributed by atoms with Crippen LogP contribution in [0, 0.1) is 31.0 Å². The summed E-state index contributed by atoms with van der Waals surface area (Å²) >= 11 is 0. The fourth-order valence-electron chi connectivity index (χ4n) is 2.23. The normalized spacial score (nSPS) is 13.4. The van der Waals surface area contributed by atoms with Crippen molar-refractivity contribution in [1.29, 1.82) is 5.41 Å². The highest BCUT2D eigenvalue weighted by atomic mass is 32.2. The number of nitrogens with zero attached hydrogens (tertiary/aromatic N) is 1. The van der Waals surface area contributed by atoms with Crippen molar-refractivity contribution >= 4 is 15.9 Å². The molecule has 0 aliphatic rings. The van der Waals surface area contributed by atoms with E-state index < -0.39 is 15.8 Å². The van der Waals surface area contributed by atoms with Crippen molar-refractivity contribution in [1.82, 2.24) is 4.31 Å². The van der Waals surface area contributed by atoms with Gasteiger partial charge in [-0.25, -0.2) is 12.8 Å². The molecule has 0 spiro atoms. The molecule has 0 fully saturated rings. The Morgan fingerprint density at radius 1 is 1.38 bits per heavy atom. The third-order valence-corrected chi connectivity index (χ3v) is 5.63. The Morgan fingerprint density at radius 3 is 2.24 bits per heavy atom. The first-order valence-electron chi connectivity index (χ1n) is 6.72. The molecule has 5 nitrogen and oxygen atoms in total. The number of rotatable bonds is 6. The minimum Gasteiger partial charge on any atom is -0.387 e. The van der Waals surface area contributed by atoms with E-state index in [1.807, 2.05) is 0 Å². The lowest BCUT2D eigenvalue weighted by Crippen LogP contribution is -2.39. The average molecular weight is 315 g/mol. The molecule has 0 aromatic heterocycles. The molecule has 1 atom stereocenters. The van der Waals surface area contributed by atoms with E-state index in [9.17, 15) is 12.8 Å². The van der Waals surface area contributed by atoms with Crippen LogP contribution >= 0.6 is 0 Å². The van der Waals surface area contributed by atoms with Gasteiger partial charge in [-0.3, -0.25) is 5.41 Å². The lowest BCUT2D eigenvalue weighted by Gasteiger charge is -2.25. The number of sulfonamides is 1. The predicted molar refractivity (Wildman–Crippen MR) is 81.4 cm³/mol. The number of halogens is 1. The Hall–Kier alpha value is -1.47. The predicted octanol–water partition coefficient (Wildman–Crippen LogP) is 2.03. The molecule has 1 rings (SSSR count). The van der Waals surface area contributed by atoms with E-state index in [4.69, 9.17) is 11.1 Å². The van der Waals surface area contributed by atoms with Gasteiger partial charge in [-0.2, -0.15) is 4.31 Å². The third kappa shape index (κ3) is 3.79. The van der Waals surface area contributed by atoms with Gasteiger partial charge in [0, 0.05) is 19.0 Å². The van der Waals surface area contributed by atoms with Crippen LogP contribution in [-0.4, -0.2) is 31.6 Å². The summed E-state index contributed by atoms with van der Waals surface area (Å²) in [6.07, 6.45) is 0. The second-order valence-electron chi connectivity index (χ2n) is 5.18. The SMILES string of the molecule is CCN(CC(C)C(=N)N)S(=O)(=O)c1c(C)cc(F)cc1C. The zero-order chi connectivity index (χ0) is 16.4. The molecule has 0 aliphatic heterocycles. The highest BCUT2D eigenvalue weighted by molar-refractivity contribution is 7.89. The molecule has 1 aromatic carbocycles. The highest BCUT2D eigenvalue weighted by Crippen LogP contribution is 2.25. The van der Waals surface area contributed by atoms with Gasteiger partial charge in [0.1, 0.15) is 5.82 Å². The summed E-state index contributed by atoms with van der Waals surface area (Å²) in [5.41, 5.74) is 6.17. The summed E-state index contributed by atoms with van der Waals surface area (Å²) in [4.78, 5) is 0.126. The maximum Gasteiger partial charge on any atom is 0.243 e. The number of aryl methyl sites for hydroxylation is 2. The van der Waals surface area contributed by atoms with Gasteiger partial charge in [-0.05, 0) is 37.1 Å². The zero-order valence-corrected chi connectivity index (χ0v) is 13.6. The van der Waals surface area contributed by atoms with Crippen molar-refractivity contribution in [3.05, 3.63) is 29.1 Å². The van der Waals surface area contributed by atoms with Gasteiger partial charge < -0.3 is 5.73 Å². The molecule has 0 saturated heterocycles. The maximum atomic E-state index is 13.3. The molecule has 3 N–H and O–H groups in total. The summed E-state index contributed by atoms with van der Waals surface area (Å²) < 4.78 is 40.1. The molecule has 1 aromatic rings. The molecule has 0 saturated carbocycles. The van der Waals surface area contributed by atoms with E-state index in [1.165, 1.54) is 16.4 Å². The second kappa shape index (κ2) is 6.53. The quantitative estimate of drug-likeness (QED) is 0.622. The average Bonchev–Trinajstić information content (AvgIpc) is 2.33. The first-order chi connectivity index (χ1) is 9.61. The van der Waals surface area contributed by atoms with Crippen molar-refractivity contribution < 1.29 is 12.8 Å². The van der Waals surface area contributed by atoms with Crippen LogP contribution < -0.4 is 5.73 Å². The van der Waals surface area contributed by atoms with Crippen LogP contribution in [0.15, 0.2) is 17.0 Å². The Morgan fingerprint density at radius 2 is 1.86 bits per heavy atom. The van der Waals surface area contributed by atoms with Crippen molar-refractivity contribution in [3.8, 4) is 0 Å². The Bertz CT molecular complexity index is 621. The van der Waals surface area contributed by atoms with E-state index >= 15 is 0 Å². The molecule has 0 bridgehead atoms. The summed E-state index contributed by atoms with van der Waals surface area (Å²) in [6.45, 7) is 6.96. The van der Waals surface area contributed by atoms with Gasteiger partial charge in [0.15, 0.2) is 0 Å². The molecular weight excluding hydrogens is 293 g/mol. The van der Waals surface area contributed by atoms with Crippen LogP contribution in [0.3, 0.4) is 0 Å². The topological polar surface area (TPSA) is 87.2 Å². The zero-order valence-electron chi connectivity index (χ0n) is 12.8. The largest absolute Gasteiger partial charge is 0.387 e. The first kappa shape index (κ1) is 17.6. The minimum atomic E-state index is -3.74. The summed E-state index contributed by atoms with van der Waals surface area (Å²) in [6, 6.07) is 2.42. The van der Waals surface area contributed by atoms with Gasteiger partial charge in [0.2, 0.25) is 10.0 Å². The number of amidine groups is 1. The Kier molecular flexibility index (Phi) is 5.47. The fourth-order valence-corrected chi connectivity index (χ4v) is 4.18. The molecule has 1 unspecified atom stereocenters. The van der Waals surface area contributed by atoms with E-state index in [0.717, 1.165) is 0 Å². The van der Waals surface area contributed by atoms with E-state index in [0.29, 0.717) is 11.1 Å². The van der Waals surface area contributed by atoms with Crippen LogP contribution in [0.2, 0.25) is 0 Å². The van der Waals surface area contributed by atoms with Crippen molar-refractivity contribution in [3.63, 3.8) is 0 Å². The van der Waals surface area contributed by atoms with Crippen molar-refractivity contribution in [2.45, 2.75) is 32.6 Å². The van der Waals surface area contributed by atoms with Crippen LogP contribution in [-0.2, 0) is 10.0 Å². The standard InChI is InChI=1S/C14H22FN3O2S/c1-5-18(8-11(4)14(16)17)21(19,20)13-9(2)6-12(15)7-10(13)3/h6-7,11H,5,8H2,1-4H3,(H3,16,17). The third-order valence-electron chi connectivity index (χ3n) is 3.38. The van der Waals surface area contributed by atoms with E-state index in [2.05, 4.69) is 0 Å². The maximum absolute atomic E-state index is 13.3. The molecule has 7 heteroatoms. The van der Waals surface area contributed by atoms with Crippen molar-refractivity contribution in [2.24, 2.45) is 11.7 Å². The lowest BCUT2D eigenvalue weighted by atomic mass is 10.1. The highest BCUT2D eigenvalue weighted by Gasteiger charge is 2.28. The molecule has 0 heterocycles. The van der Waals surface area contributed by atoms with E-state index in [-0.39, 0.29) is 29.7 Å². The second-order valence-corrected chi connectivity index (χ2v) is 7.06. The van der Waals surface area contributed by atoms with Gasteiger partial charge in [0.05, 0.1) is 10.7 Å². The van der Waals surface area contributed by atoms with Crippen LogP contribution in [0.5, 0.6) is 0 Å². The summed E-state index contributed by atoms with van der Waals surface area (Å²) in [7, 11) is -3.74. The van der Waals surface area contributed by atoms with Crippen LogP contribution in [0.4, 0.5) is 4.39 Å². The van der Waals surface area contributed by atoms with Gasteiger partial charge in [-0.1, -0.05) is 13.8 Å². The molecule has 118 valence electrons. The number of nitrogens with one attached hydrogen (secondary N) is 1. The Balaban J connectivity index is 3.29. The minimum absolute atomic E-state index is 0.0591. The van der Waals surface area contributed by atoms with Gasteiger partial charge in [0.25, 0.3) is 0 Å². The molecule has 0 amide bonds. The number of hydrogen-bond acceptors (Lipinski definition) is 3. The van der Waals surface area contributed by atoms with Gasteiger partial charge in [-0.15, -0.1) is 0 Å². The molecule has 0 radical (unpaired) electrons. The fraction of sp³-hybridized carbons (Fsp3) is 0.500. The Labute approximate surface area is 125 Å². The van der Waals surface area contributed by atoms with Gasteiger partial charge >= 0.3 is 0 Å². The number of benzene rings is 1. The molecule has 21 heavy (non-hydrogen) atoms. The first-order valence-corrected chi connectivity index (χ1v) is 8.16. The van der Waals surface area contributed by atoms with Crippen LogP contribution in [0.25, 0.3) is 0 Å². The smallest absolute Gasteiger partial charge is 0.243 e. The summed E-state index contributed by atoms with van der Waals surface area (Å²) in [5.74, 6) is -0.888. The van der Waals surface area contributed by atoms with Crippen LogP contribution in [0.1, 0.15) is 25.0 Å². The van der Waals surface area contributed by atoms with E-state index in [1.54, 1.807) is 27.7 Å². The monoisotopic (exact) mass is 315 g/mol. The lowest BCUT2D eigenvalue weighted by molar-refractivity contribution is 0.403. The number of nitrogens with two attached hydrogens (primary N) is 1. The number of hydrogen-bond donors (Lipinski definition) is 2. The van der Waals surface area contributed by atoms with Crippen molar-refractivity contribution in [2.75, 3.05) is 13.1 Å².